The maximum Gasteiger partial charge on any atom is 0.230 e. The molecule has 2 aromatic carbocycles. The highest BCUT2D eigenvalue weighted by molar-refractivity contribution is 6.13. The van der Waals surface area contributed by atoms with Crippen molar-refractivity contribution in [1.29, 1.82) is 0 Å². The third-order valence-corrected chi connectivity index (χ3v) is 8.29. The van der Waals surface area contributed by atoms with Crippen LogP contribution in [0.4, 0.5) is 0 Å². The van der Waals surface area contributed by atoms with Gasteiger partial charge in [0.05, 0.1) is 34.9 Å². The Balaban J connectivity index is 1.46. The lowest BCUT2D eigenvalue weighted by Crippen LogP contribution is -2.48. The van der Waals surface area contributed by atoms with Crippen molar-refractivity contribution in [3.05, 3.63) is 59.2 Å². The fraction of sp³-hybridized carbons (Fsp3) is 0.375. The average molecular weight is 553 g/mol. The van der Waals surface area contributed by atoms with E-state index in [0.717, 1.165) is 87.3 Å². The molecular formula is C32H36N6O3. The fourth-order valence-corrected chi connectivity index (χ4v) is 5.89. The highest BCUT2D eigenvalue weighted by Crippen LogP contribution is 2.41. The number of aryl methyl sites for hydroxylation is 3. The second-order valence-electron chi connectivity index (χ2n) is 11.5. The largest absolute Gasteiger partial charge is 0.496 e. The highest BCUT2D eigenvalue weighted by atomic mass is 16.5. The Morgan fingerprint density at radius 1 is 1.10 bits per heavy atom. The van der Waals surface area contributed by atoms with E-state index in [1.807, 2.05) is 58.9 Å². The lowest BCUT2D eigenvalue weighted by atomic mass is 9.82. The number of H-pyrrole nitrogens is 1. The van der Waals surface area contributed by atoms with E-state index in [2.05, 4.69) is 32.9 Å². The third-order valence-electron chi connectivity index (χ3n) is 8.29. The molecule has 0 radical (unpaired) electrons. The quantitative estimate of drug-likeness (QED) is 0.254. The van der Waals surface area contributed by atoms with Crippen molar-refractivity contribution in [2.24, 2.45) is 0 Å². The first-order valence-corrected chi connectivity index (χ1v) is 14.1. The van der Waals surface area contributed by atoms with Crippen molar-refractivity contribution < 1.29 is 14.1 Å². The summed E-state index contributed by atoms with van der Waals surface area (Å²) in [4.78, 5) is 26.6. The molecule has 0 unspecified atom stereocenters. The van der Waals surface area contributed by atoms with Gasteiger partial charge in [-0.15, -0.1) is 0 Å². The molecule has 0 saturated carbocycles. The van der Waals surface area contributed by atoms with E-state index in [-0.39, 0.29) is 11.9 Å². The number of benzene rings is 2. The molecule has 6 rings (SSSR count). The minimum absolute atomic E-state index is 0.0363. The standard InChI is InChI=1S/C32H36N6O3/c1-17-27(18(2)41-38-17)24-15-25-23(16-26(24)40-6)28-29(34-19(3)35-30(28)37-25)20-8-7-9-21(14-20)32(4,5)31(39)36-22-10-12-33-13-11-22/h7-9,14-16,22,33H,10-13H2,1-6H3,(H,36,39)(H,34,35,37). The maximum atomic E-state index is 13.4. The van der Waals surface area contributed by atoms with E-state index in [1.165, 1.54) is 0 Å². The van der Waals surface area contributed by atoms with Crippen molar-refractivity contribution in [1.82, 2.24) is 30.7 Å². The van der Waals surface area contributed by atoms with Gasteiger partial charge in [0.2, 0.25) is 5.91 Å². The first-order valence-electron chi connectivity index (χ1n) is 14.1. The van der Waals surface area contributed by atoms with Gasteiger partial charge in [0, 0.05) is 28.1 Å². The molecule has 4 heterocycles. The van der Waals surface area contributed by atoms with Gasteiger partial charge in [0.25, 0.3) is 0 Å². The zero-order chi connectivity index (χ0) is 28.9. The Hall–Kier alpha value is -4.24. The summed E-state index contributed by atoms with van der Waals surface area (Å²) in [5.41, 5.74) is 6.23. The number of hydrogen-bond donors (Lipinski definition) is 3. The van der Waals surface area contributed by atoms with E-state index >= 15 is 0 Å². The summed E-state index contributed by atoms with van der Waals surface area (Å²) < 4.78 is 11.3. The van der Waals surface area contributed by atoms with Crippen LogP contribution < -0.4 is 15.4 Å². The van der Waals surface area contributed by atoms with Gasteiger partial charge in [-0.1, -0.05) is 23.4 Å². The number of fused-ring (bicyclic) bond motifs is 3. The van der Waals surface area contributed by atoms with Crippen molar-refractivity contribution in [3.8, 4) is 28.1 Å². The number of hydrogen-bond acceptors (Lipinski definition) is 7. The third kappa shape index (κ3) is 4.74. The maximum absolute atomic E-state index is 13.4. The number of aromatic amines is 1. The Bertz CT molecular complexity index is 1760. The summed E-state index contributed by atoms with van der Waals surface area (Å²) in [6, 6.07) is 12.4. The molecule has 0 bridgehead atoms. The molecule has 0 spiro atoms. The van der Waals surface area contributed by atoms with Crippen LogP contribution in [0.3, 0.4) is 0 Å². The molecule has 1 saturated heterocycles. The number of ether oxygens (including phenoxy) is 1. The molecule has 1 aliphatic heterocycles. The van der Waals surface area contributed by atoms with Gasteiger partial charge in [0.1, 0.15) is 23.0 Å². The summed E-state index contributed by atoms with van der Waals surface area (Å²) in [6.07, 6.45) is 1.89. The lowest BCUT2D eigenvalue weighted by Gasteiger charge is -2.30. The number of carbonyl (C=O) groups excluding carboxylic acids is 1. The summed E-state index contributed by atoms with van der Waals surface area (Å²) in [7, 11) is 1.67. The second-order valence-corrected chi connectivity index (χ2v) is 11.5. The minimum atomic E-state index is -0.714. The summed E-state index contributed by atoms with van der Waals surface area (Å²) >= 11 is 0. The molecule has 1 aliphatic rings. The number of amides is 1. The van der Waals surface area contributed by atoms with E-state index in [4.69, 9.17) is 19.2 Å². The Kier molecular flexibility index (Phi) is 6.77. The smallest absolute Gasteiger partial charge is 0.230 e. The van der Waals surface area contributed by atoms with Gasteiger partial charge in [-0.3, -0.25) is 4.79 Å². The first-order chi connectivity index (χ1) is 19.7. The van der Waals surface area contributed by atoms with Crippen molar-refractivity contribution in [2.75, 3.05) is 20.2 Å². The van der Waals surface area contributed by atoms with Gasteiger partial charge < -0.3 is 24.9 Å². The van der Waals surface area contributed by atoms with Gasteiger partial charge >= 0.3 is 0 Å². The Morgan fingerprint density at radius 2 is 1.88 bits per heavy atom. The molecule has 9 nitrogen and oxygen atoms in total. The number of rotatable bonds is 6. The number of aromatic nitrogens is 4. The number of carbonyl (C=O) groups is 1. The van der Waals surface area contributed by atoms with Crippen LogP contribution in [0.25, 0.3) is 44.3 Å². The van der Waals surface area contributed by atoms with Crippen LogP contribution in [-0.4, -0.2) is 52.3 Å². The van der Waals surface area contributed by atoms with Crippen LogP contribution in [0.15, 0.2) is 40.9 Å². The zero-order valence-corrected chi connectivity index (χ0v) is 24.4. The molecule has 41 heavy (non-hydrogen) atoms. The predicted octanol–water partition coefficient (Wildman–Crippen LogP) is 5.51. The van der Waals surface area contributed by atoms with Crippen LogP contribution in [-0.2, 0) is 10.2 Å². The van der Waals surface area contributed by atoms with Crippen molar-refractivity contribution in [3.63, 3.8) is 0 Å². The van der Waals surface area contributed by atoms with Gasteiger partial charge in [-0.2, -0.15) is 0 Å². The van der Waals surface area contributed by atoms with Gasteiger partial charge in [-0.05, 0) is 84.3 Å². The molecule has 3 N–H and O–H groups in total. The van der Waals surface area contributed by atoms with Crippen LogP contribution in [0, 0.1) is 20.8 Å². The van der Waals surface area contributed by atoms with E-state index < -0.39 is 5.41 Å². The zero-order valence-electron chi connectivity index (χ0n) is 24.4. The van der Waals surface area contributed by atoms with E-state index in [0.29, 0.717) is 11.6 Å². The first kappa shape index (κ1) is 27.0. The van der Waals surface area contributed by atoms with E-state index in [1.54, 1.807) is 7.11 Å². The summed E-state index contributed by atoms with van der Waals surface area (Å²) in [6.45, 7) is 11.5. The number of nitrogens with one attached hydrogen (secondary N) is 3. The molecule has 1 fully saturated rings. The van der Waals surface area contributed by atoms with E-state index in [9.17, 15) is 4.79 Å². The summed E-state index contributed by atoms with van der Waals surface area (Å²) in [5.74, 6) is 2.14. The van der Waals surface area contributed by atoms with Crippen LogP contribution in [0.1, 0.15) is 49.5 Å². The van der Waals surface area contributed by atoms with Gasteiger partial charge in [-0.25, -0.2) is 9.97 Å². The topological polar surface area (TPSA) is 118 Å². The van der Waals surface area contributed by atoms with Crippen LogP contribution >= 0.6 is 0 Å². The number of methoxy groups -OCH3 is 1. The van der Waals surface area contributed by atoms with Crippen LogP contribution in [0.2, 0.25) is 0 Å². The normalized spacial score (nSPS) is 14.6. The number of nitrogens with zero attached hydrogens (tertiary/aromatic N) is 3. The fourth-order valence-electron chi connectivity index (χ4n) is 5.89. The second kappa shape index (κ2) is 10.3. The van der Waals surface area contributed by atoms with Crippen molar-refractivity contribution >= 4 is 27.8 Å². The Labute approximate surface area is 239 Å². The minimum Gasteiger partial charge on any atom is -0.496 e. The molecule has 212 valence electrons. The number of piperidine rings is 1. The molecule has 1 amide bonds. The molecule has 0 aliphatic carbocycles. The van der Waals surface area contributed by atoms with Crippen LogP contribution in [0.5, 0.6) is 5.75 Å². The molecule has 0 atom stereocenters. The predicted molar refractivity (Wildman–Crippen MR) is 160 cm³/mol. The lowest BCUT2D eigenvalue weighted by molar-refractivity contribution is -0.126. The monoisotopic (exact) mass is 552 g/mol. The SMILES string of the molecule is COc1cc2c(cc1-c1c(C)noc1C)[nH]c1nc(C)nc(-c3cccc(C(C)(C)C(=O)NC4CCNCC4)c3)c12. The highest BCUT2D eigenvalue weighted by Gasteiger charge is 2.32. The van der Waals surface area contributed by atoms with Gasteiger partial charge in [0.15, 0.2) is 0 Å². The van der Waals surface area contributed by atoms with Crippen molar-refractivity contribution in [2.45, 2.75) is 58.9 Å². The molecule has 5 aromatic rings. The molecular weight excluding hydrogens is 516 g/mol. The molecule has 9 heteroatoms. The Morgan fingerprint density at radius 3 is 2.59 bits per heavy atom. The molecule has 3 aromatic heterocycles. The average Bonchev–Trinajstić information content (AvgIpc) is 3.49. The summed E-state index contributed by atoms with van der Waals surface area (Å²) in [5, 5.41) is 12.6.